The van der Waals surface area contributed by atoms with Crippen LogP contribution in [-0.4, -0.2) is 20.4 Å². The largest absolute Gasteiger partial charge is 0.508 e. The fourth-order valence-corrected chi connectivity index (χ4v) is 9.47. The summed E-state index contributed by atoms with van der Waals surface area (Å²) in [6.07, 6.45) is 4.67. The van der Waals surface area contributed by atoms with Gasteiger partial charge in [-0.05, 0) is 62.8 Å². The lowest BCUT2D eigenvalue weighted by Crippen LogP contribution is -2.67. The summed E-state index contributed by atoms with van der Waals surface area (Å²) in [5.74, 6) is 1.12. The Balaban J connectivity index is 1.58. The highest BCUT2D eigenvalue weighted by Gasteiger charge is 2.70. The van der Waals surface area contributed by atoms with E-state index >= 15 is 0 Å². The standard InChI is InChI=1S/C34H32O4/c35-27-13-5-1-9-23(27)31-17-32(24-10-2-6-14-28(24)36)20-33(18-31,25-11-3-7-15-29(25)37)22-34(19-31,21-32)26-12-4-8-16-30(26)38/h1-16,35-38H,17-22H2. The minimum Gasteiger partial charge on any atom is -0.508 e. The molecule has 0 amide bonds. The lowest BCUT2D eigenvalue weighted by Gasteiger charge is -2.71. The van der Waals surface area contributed by atoms with Gasteiger partial charge in [0.1, 0.15) is 23.0 Å². The van der Waals surface area contributed by atoms with Gasteiger partial charge in [-0.25, -0.2) is 0 Å². The lowest BCUT2D eigenvalue weighted by atomic mass is 9.32. The first-order valence-electron chi connectivity index (χ1n) is 13.4. The number of para-hydroxylation sites is 4. The van der Waals surface area contributed by atoms with Gasteiger partial charge in [-0.15, -0.1) is 0 Å². The molecule has 0 radical (unpaired) electrons. The number of aromatic hydroxyl groups is 4. The Hall–Kier alpha value is -3.92. The molecule has 4 bridgehead atoms. The summed E-state index contributed by atoms with van der Waals surface area (Å²) in [5, 5.41) is 45.0. The van der Waals surface area contributed by atoms with Crippen LogP contribution >= 0.6 is 0 Å². The number of benzene rings is 4. The molecule has 0 unspecified atom stereocenters. The molecule has 192 valence electrons. The topological polar surface area (TPSA) is 80.9 Å². The summed E-state index contributed by atoms with van der Waals surface area (Å²) in [6.45, 7) is 0. The molecule has 38 heavy (non-hydrogen) atoms. The molecule has 0 atom stereocenters. The molecule has 4 aromatic rings. The fourth-order valence-electron chi connectivity index (χ4n) is 9.47. The zero-order valence-corrected chi connectivity index (χ0v) is 21.3. The fraction of sp³-hybridized carbons (Fsp3) is 0.294. The van der Waals surface area contributed by atoms with Crippen molar-refractivity contribution in [3.63, 3.8) is 0 Å². The summed E-state index contributed by atoms with van der Waals surface area (Å²) in [4.78, 5) is 0. The van der Waals surface area contributed by atoms with Crippen molar-refractivity contribution in [2.45, 2.75) is 60.2 Å². The highest BCUT2D eigenvalue weighted by atomic mass is 16.3. The summed E-state index contributed by atoms with van der Waals surface area (Å²) >= 11 is 0. The van der Waals surface area contributed by atoms with E-state index in [2.05, 4.69) is 0 Å². The molecule has 4 fully saturated rings. The Morgan fingerprint density at radius 1 is 0.316 bits per heavy atom. The minimum atomic E-state index is -0.424. The smallest absolute Gasteiger partial charge is 0.119 e. The second-order valence-corrected chi connectivity index (χ2v) is 12.3. The average Bonchev–Trinajstić information content (AvgIpc) is 2.89. The van der Waals surface area contributed by atoms with E-state index in [0.29, 0.717) is 0 Å². The van der Waals surface area contributed by atoms with Crippen molar-refractivity contribution in [1.82, 2.24) is 0 Å². The first-order chi connectivity index (χ1) is 18.3. The van der Waals surface area contributed by atoms with Gasteiger partial charge >= 0.3 is 0 Å². The van der Waals surface area contributed by atoms with Crippen molar-refractivity contribution in [3.8, 4) is 23.0 Å². The molecule has 4 aliphatic carbocycles. The van der Waals surface area contributed by atoms with Gasteiger partial charge in [-0.1, -0.05) is 72.8 Å². The molecule has 4 aromatic carbocycles. The number of rotatable bonds is 4. The van der Waals surface area contributed by atoms with E-state index in [-0.39, 0.29) is 23.0 Å². The van der Waals surface area contributed by atoms with Crippen LogP contribution < -0.4 is 0 Å². The van der Waals surface area contributed by atoms with Crippen LogP contribution in [0.15, 0.2) is 97.1 Å². The molecule has 8 rings (SSSR count). The molecule has 0 aromatic heterocycles. The van der Waals surface area contributed by atoms with E-state index in [4.69, 9.17) is 0 Å². The monoisotopic (exact) mass is 504 g/mol. The van der Waals surface area contributed by atoms with Crippen molar-refractivity contribution < 1.29 is 20.4 Å². The molecule has 0 heterocycles. The normalized spacial score (nSPS) is 31.4. The third-order valence-electron chi connectivity index (χ3n) is 9.96. The van der Waals surface area contributed by atoms with Crippen LogP contribution in [0.2, 0.25) is 0 Å². The summed E-state index contributed by atoms with van der Waals surface area (Å²) in [7, 11) is 0. The Kier molecular flexibility index (Phi) is 4.76. The number of hydrogen-bond acceptors (Lipinski definition) is 4. The van der Waals surface area contributed by atoms with E-state index < -0.39 is 21.7 Å². The second kappa shape index (κ2) is 7.80. The Labute approximate surface area is 222 Å². The van der Waals surface area contributed by atoms with Crippen molar-refractivity contribution in [2.75, 3.05) is 0 Å². The van der Waals surface area contributed by atoms with Crippen LogP contribution in [0.5, 0.6) is 23.0 Å². The number of phenols is 4. The van der Waals surface area contributed by atoms with Gasteiger partial charge < -0.3 is 20.4 Å². The lowest BCUT2D eigenvalue weighted by molar-refractivity contribution is -0.0714. The predicted molar refractivity (Wildman–Crippen MR) is 147 cm³/mol. The van der Waals surface area contributed by atoms with Crippen LogP contribution in [0.25, 0.3) is 0 Å². The number of phenolic OH excluding ortho intramolecular Hbond substituents is 4. The number of hydrogen-bond donors (Lipinski definition) is 4. The maximum absolute atomic E-state index is 11.2. The van der Waals surface area contributed by atoms with Crippen LogP contribution in [-0.2, 0) is 21.7 Å². The zero-order valence-electron chi connectivity index (χ0n) is 21.3. The maximum atomic E-state index is 11.2. The minimum absolute atomic E-state index is 0.279. The highest BCUT2D eigenvalue weighted by Crippen LogP contribution is 2.76. The first kappa shape index (κ1) is 23.2. The molecule has 0 saturated heterocycles. The van der Waals surface area contributed by atoms with Crippen molar-refractivity contribution in [1.29, 1.82) is 0 Å². The first-order valence-corrected chi connectivity index (χ1v) is 13.4. The molecule has 4 N–H and O–H groups in total. The van der Waals surface area contributed by atoms with E-state index in [1.165, 1.54) is 0 Å². The van der Waals surface area contributed by atoms with Gasteiger partial charge in [0.2, 0.25) is 0 Å². The van der Waals surface area contributed by atoms with Crippen LogP contribution in [0.3, 0.4) is 0 Å². The molecule has 4 saturated carbocycles. The third-order valence-corrected chi connectivity index (χ3v) is 9.96. The predicted octanol–water partition coefficient (Wildman–Crippen LogP) is 6.94. The van der Waals surface area contributed by atoms with Crippen molar-refractivity contribution >= 4 is 0 Å². The van der Waals surface area contributed by atoms with Gasteiger partial charge in [0, 0.05) is 43.9 Å². The summed E-state index contributed by atoms with van der Waals surface area (Å²) in [6, 6.07) is 30.6. The molecule has 4 heteroatoms. The van der Waals surface area contributed by atoms with Crippen molar-refractivity contribution in [2.24, 2.45) is 0 Å². The van der Waals surface area contributed by atoms with Gasteiger partial charge in [-0.2, -0.15) is 0 Å². The Bertz CT molecular complexity index is 1290. The van der Waals surface area contributed by atoms with Gasteiger partial charge in [0.05, 0.1) is 0 Å². The Morgan fingerprint density at radius 2 is 0.500 bits per heavy atom. The van der Waals surface area contributed by atoms with E-state index in [0.717, 1.165) is 60.8 Å². The summed E-state index contributed by atoms with van der Waals surface area (Å²) < 4.78 is 0. The van der Waals surface area contributed by atoms with Crippen molar-refractivity contribution in [3.05, 3.63) is 119 Å². The highest BCUT2D eigenvalue weighted by molar-refractivity contribution is 5.56. The molecule has 0 spiro atoms. The summed E-state index contributed by atoms with van der Waals surface area (Å²) in [5.41, 5.74) is 1.97. The maximum Gasteiger partial charge on any atom is 0.119 e. The molecule has 0 aliphatic heterocycles. The quantitative estimate of drug-likeness (QED) is 0.243. The van der Waals surface area contributed by atoms with Gasteiger partial charge in [0.25, 0.3) is 0 Å². The molecular formula is C34H32O4. The second-order valence-electron chi connectivity index (χ2n) is 12.3. The molecule has 4 nitrogen and oxygen atoms in total. The SMILES string of the molecule is Oc1ccccc1C12CC3(c4ccccc4O)CC(c4ccccc4O)(C1)CC(c1ccccc1O)(C2)C3. The van der Waals surface area contributed by atoms with Crippen LogP contribution in [0, 0.1) is 0 Å². The third kappa shape index (κ3) is 3.09. The van der Waals surface area contributed by atoms with Crippen LogP contribution in [0.4, 0.5) is 0 Å². The van der Waals surface area contributed by atoms with Crippen LogP contribution in [0.1, 0.15) is 60.8 Å². The van der Waals surface area contributed by atoms with E-state index in [1.54, 1.807) is 24.3 Å². The zero-order chi connectivity index (χ0) is 26.2. The van der Waals surface area contributed by atoms with Gasteiger partial charge in [0.15, 0.2) is 0 Å². The Morgan fingerprint density at radius 3 is 0.684 bits per heavy atom. The van der Waals surface area contributed by atoms with E-state index in [9.17, 15) is 20.4 Å². The molecule has 4 aliphatic rings. The average molecular weight is 505 g/mol. The van der Waals surface area contributed by atoms with E-state index in [1.807, 2.05) is 72.8 Å². The van der Waals surface area contributed by atoms with Gasteiger partial charge in [-0.3, -0.25) is 0 Å². The molecular weight excluding hydrogens is 472 g/mol.